The van der Waals surface area contributed by atoms with Gasteiger partial charge in [0, 0.05) is 7.05 Å². The van der Waals surface area contributed by atoms with Crippen LogP contribution in [0.2, 0.25) is 0 Å². The molecule has 1 amide bonds. The van der Waals surface area contributed by atoms with E-state index in [0.29, 0.717) is 11.4 Å². The second-order valence-electron chi connectivity index (χ2n) is 3.98. The van der Waals surface area contributed by atoms with Crippen molar-refractivity contribution in [1.82, 2.24) is 4.98 Å². The van der Waals surface area contributed by atoms with Gasteiger partial charge in [0.25, 0.3) is 5.91 Å². The molecule has 0 unspecified atom stereocenters. The number of carboxylic acids is 1. The average molecular weight is 260 g/mol. The molecule has 2 rings (SSSR count). The summed E-state index contributed by atoms with van der Waals surface area (Å²) in [5.74, 6) is -0.557. The first-order valence-corrected chi connectivity index (χ1v) is 5.53. The van der Waals surface area contributed by atoms with E-state index in [1.165, 1.54) is 23.2 Å². The Bertz CT molecular complexity index is 616. The van der Waals surface area contributed by atoms with E-state index in [1.54, 1.807) is 26.1 Å². The summed E-state index contributed by atoms with van der Waals surface area (Å²) in [5, 5.41) is 8.75. The fourth-order valence-corrected chi connectivity index (χ4v) is 1.54. The Hall–Kier alpha value is -2.63. The van der Waals surface area contributed by atoms with Crippen LogP contribution in [0.25, 0.3) is 0 Å². The molecular weight excluding hydrogens is 248 g/mol. The van der Waals surface area contributed by atoms with E-state index in [9.17, 15) is 9.59 Å². The molecule has 1 N–H and O–H groups in total. The van der Waals surface area contributed by atoms with E-state index in [2.05, 4.69) is 4.98 Å². The highest BCUT2D eigenvalue weighted by Gasteiger charge is 2.17. The number of aryl methyl sites for hydroxylation is 1. The molecule has 0 spiro atoms. The summed E-state index contributed by atoms with van der Waals surface area (Å²) in [5.41, 5.74) is 0.419. The zero-order valence-electron chi connectivity index (χ0n) is 10.5. The Balaban J connectivity index is 2.21. The molecule has 0 saturated heterocycles. The van der Waals surface area contributed by atoms with E-state index in [1.807, 2.05) is 0 Å². The Morgan fingerprint density at radius 1 is 1.26 bits per heavy atom. The molecule has 98 valence electrons. The first-order chi connectivity index (χ1) is 8.99. The Kier molecular flexibility index (Phi) is 3.33. The van der Waals surface area contributed by atoms with Crippen LogP contribution in [0.1, 0.15) is 26.8 Å². The lowest BCUT2D eigenvalue weighted by molar-refractivity contribution is 0.0690. The molecule has 19 heavy (non-hydrogen) atoms. The fraction of sp³-hybridized carbons (Fsp3) is 0.154. The van der Waals surface area contributed by atoms with Crippen LogP contribution >= 0.6 is 0 Å². The number of amides is 1. The van der Waals surface area contributed by atoms with Crippen LogP contribution < -0.4 is 4.90 Å². The van der Waals surface area contributed by atoms with Gasteiger partial charge in [-0.2, -0.15) is 0 Å². The van der Waals surface area contributed by atoms with Crippen molar-refractivity contribution in [1.29, 1.82) is 0 Å². The van der Waals surface area contributed by atoms with Crippen LogP contribution in [0.3, 0.4) is 0 Å². The number of nitrogens with zero attached hydrogens (tertiary/aromatic N) is 2. The maximum atomic E-state index is 12.1. The maximum Gasteiger partial charge on any atom is 0.354 e. The third-order valence-electron chi connectivity index (χ3n) is 2.61. The van der Waals surface area contributed by atoms with Gasteiger partial charge in [-0.1, -0.05) is 0 Å². The van der Waals surface area contributed by atoms with Crippen molar-refractivity contribution in [2.45, 2.75) is 6.92 Å². The number of carbonyl (C=O) groups excluding carboxylic acids is 1. The zero-order valence-corrected chi connectivity index (χ0v) is 10.5. The van der Waals surface area contributed by atoms with Gasteiger partial charge in [-0.05, 0) is 31.2 Å². The third-order valence-corrected chi connectivity index (χ3v) is 2.61. The highest BCUT2D eigenvalue weighted by molar-refractivity contribution is 6.03. The summed E-state index contributed by atoms with van der Waals surface area (Å²) in [6, 6.07) is 6.15. The highest BCUT2D eigenvalue weighted by Crippen LogP contribution is 2.16. The van der Waals surface area contributed by atoms with Crippen molar-refractivity contribution < 1.29 is 19.1 Å². The summed E-state index contributed by atoms with van der Waals surface area (Å²) < 4.78 is 5.24. The molecular formula is C13H12N2O4. The van der Waals surface area contributed by atoms with E-state index >= 15 is 0 Å². The van der Waals surface area contributed by atoms with Crippen LogP contribution in [-0.2, 0) is 0 Å². The largest absolute Gasteiger partial charge is 0.477 e. The number of carbonyl (C=O) groups is 2. The standard InChI is InChI=1S/C13H12N2O4/c1-8-3-6-11(19-8)12(16)15(2)9-4-5-10(13(17)18)14-7-9/h3-7H,1-2H3,(H,17,18). The molecule has 0 saturated carbocycles. The summed E-state index contributed by atoms with van der Waals surface area (Å²) in [7, 11) is 1.57. The van der Waals surface area contributed by atoms with E-state index in [-0.39, 0.29) is 17.4 Å². The minimum atomic E-state index is -1.11. The van der Waals surface area contributed by atoms with Gasteiger partial charge in [0.15, 0.2) is 5.76 Å². The summed E-state index contributed by atoms with van der Waals surface area (Å²) in [4.78, 5) is 27.8. The summed E-state index contributed by atoms with van der Waals surface area (Å²) >= 11 is 0. The monoisotopic (exact) mass is 260 g/mol. The number of hydrogen-bond donors (Lipinski definition) is 1. The molecule has 0 atom stereocenters. The number of aromatic carboxylic acids is 1. The fourth-order valence-electron chi connectivity index (χ4n) is 1.54. The molecule has 0 aliphatic heterocycles. The van der Waals surface area contributed by atoms with Crippen molar-refractivity contribution in [3.05, 3.63) is 47.7 Å². The Morgan fingerprint density at radius 3 is 2.47 bits per heavy atom. The van der Waals surface area contributed by atoms with Crippen LogP contribution in [0.15, 0.2) is 34.9 Å². The van der Waals surface area contributed by atoms with E-state index in [4.69, 9.17) is 9.52 Å². The molecule has 2 heterocycles. The summed E-state index contributed by atoms with van der Waals surface area (Å²) in [6.45, 7) is 1.75. The lowest BCUT2D eigenvalue weighted by Crippen LogP contribution is -2.26. The number of rotatable bonds is 3. The highest BCUT2D eigenvalue weighted by atomic mass is 16.4. The van der Waals surface area contributed by atoms with Crippen LogP contribution in [0.4, 0.5) is 5.69 Å². The van der Waals surface area contributed by atoms with Crippen molar-refractivity contribution in [2.75, 3.05) is 11.9 Å². The average Bonchev–Trinajstić information content (AvgIpc) is 2.84. The van der Waals surface area contributed by atoms with Crippen molar-refractivity contribution >= 4 is 17.6 Å². The van der Waals surface area contributed by atoms with Gasteiger partial charge in [-0.15, -0.1) is 0 Å². The minimum absolute atomic E-state index is 0.0709. The second-order valence-corrected chi connectivity index (χ2v) is 3.98. The molecule has 2 aromatic rings. The van der Waals surface area contributed by atoms with Gasteiger partial charge in [-0.25, -0.2) is 9.78 Å². The predicted molar refractivity (Wildman–Crippen MR) is 67.4 cm³/mol. The number of furan rings is 1. The Labute approximate surface area is 109 Å². The van der Waals surface area contributed by atoms with Crippen LogP contribution in [0, 0.1) is 6.92 Å². The first kappa shape index (κ1) is 12.8. The SMILES string of the molecule is Cc1ccc(C(=O)N(C)c2ccc(C(=O)O)nc2)o1. The quantitative estimate of drug-likeness (QED) is 0.911. The van der Waals surface area contributed by atoms with Crippen LogP contribution in [-0.4, -0.2) is 29.0 Å². The van der Waals surface area contributed by atoms with Gasteiger partial charge in [0.2, 0.25) is 0 Å². The zero-order chi connectivity index (χ0) is 14.0. The van der Waals surface area contributed by atoms with Crippen molar-refractivity contribution in [3.63, 3.8) is 0 Å². The lowest BCUT2D eigenvalue weighted by Gasteiger charge is -2.15. The molecule has 0 fully saturated rings. The third kappa shape index (κ3) is 2.62. The molecule has 0 bridgehead atoms. The molecule has 0 aliphatic rings. The predicted octanol–water partition coefficient (Wildman–Crippen LogP) is 1.96. The Morgan fingerprint density at radius 2 is 2.00 bits per heavy atom. The van der Waals surface area contributed by atoms with E-state index < -0.39 is 5.97 Å². The number of carboxylic acid groups (broad SMARTS) is 1. The summed E-state index contributed by atoms with van der Waals surface area (Å²) in [6.07, 6.45) is 1.33. The van der Waals surface area contributed by atoms with E-state index in [0.717, 1.165) is 0 Å². The van der Waals surface area contributed by atoms with Gasteiger partial charge in [0.1, 0.15) is 11.5 Å². The molecule has 0 radical (unpaired) electrons. The minimum Gasteiger partial charge on any atom is -0.477 e. The van der Waals surface area contributed by atoms with Gasteiger partial charge in [0.05, 0.1) is 11.9 Å². The number of anilines is 1. The molecule has 6 heteroatoms. The molecule has 2 aromatic heterocycles. The molecule has 6 nitrogen and oxygen atoms in total. The molecule has 0 aliphatic carbocycles. The maximum absolute atomic E-state index is 12.1. The first-order valence-electron chi connectivity index (χ1n) is 5.53. The second kappa shape index (κ2) is 4.93. The number of pyridine rings is 1. The lowest BCUT2D eigenvalue weighted by atomic mass is 10.3. The van der Waals surface area contributed by atoms with Gasteiger partial charge >= 0.3 is 5.97 Å². The van der Waals surface area contributed by atoms with Gasteiger partial charge in [-0.3, -0.25) is 4.79 Å². The number of aromatic nitrogens is 1. The van der Waals surface area contributed by atoms with Crippen molar-refractivity contribution in [3.8, 4) is 0 Å². The normalized spacial score (nSPS) is 10.2. The van der Waals surface area contributed by atoms with Crippen molar-refractivity contribution in [2.24, 2.45) is 0 Å². The molecule has 0 aromatic carbocycles. The topological polar surface area (TPSA) is 83.6 Å². The number of hydrogen-bond acceptors (Lipinski definition) is 4. The smallest absolute Gasteiger partial charge is 0.354 e. The van der Waals surface area contributed by atoms with Crippen LogP contribution in [0.5, 0.6) is 0 Å². The van der Waals surface area contributed by atoms with Gasteiger partial charge < -0.3 is 14.4 Å².